The number of nitrogens with one attached hydrogen (secondary N) is 1. The van der Waals surface area contributed by atoms with Crippen molar-refractivity contribution < 1.29 is 9.59 Å². The number of benzene rings is 3. The van der Waals surface area contributed by atoms with Gasteiger partial charge in [-0.1, -0.05) is 72.6 Å². The van der Waals surface area contributed by atoms with E-state index in [0.29, 0.717) is 28.6 Å². The highest BCUT2D eigenvalue weighted by atomic mass is 35.5. The largest absolute Gasteiger partial charge is 0.351 e. The minimum Gasteiger partial charge on any atom is -0.351 e. The number of likely N-dealkylation sites (tertiary alicyclic amines) is 1. The number of anilines is 1. The molecule has 0 aromatic heterocycles. The van der Waals surface area contributed by atoms with Gasteiger partial charge in [0.05, 0.1) is 17.1 Å². The number of halogens is 1. The summed E-state index contributed by atoms with van der Waals surface area (Å²) < 4.78 is 0. The molecule has 2 aliphatic heterocycles. The summed E-state index contributed by atoms with van der Waals surface area (Å²) in [5, 5.41) is 3.70. The Hall–Kier alpha value is -3.06. The maximum atomic E-state index is 13.6. The molecule has 2 heterocycles. The molecule has 38 heavy (non-hydrogen) atoms. The van der Waals surface area contributed by atoms with Crippen molar-refractivity contribution in [3.63, 3.8) is 0 Å². The maximum Gasteiger partial charge on any atom is 0.265 e. The minimum absolute atomic E-state index is 0.0518. The number of hydrogen-bond donors (Lipinski definition) is 1. The first-order chi connectivity index (χ1) is 18.6. The molecule has 1 fully saturated rings. The average molecular weight is 546 g/mol. The molecule has 5 nitrogen and oxygen atoms in total. The molecule has 2 amide bonds. The summed E-state index contributed by atoms with van der Waals surface area (Å²) in [4.78, 5) is 32.1. The van der Waals surface area contributed by atoms with Crippen molar-refractivity contribution in [1.29, 1.82) is 0 Å². The van der Waals surface area contributed by atoms with Crippen LogP contribution in [-0.4, -0.2) is 42.9 Å². The summed E-state index contributed by atoms with van der Waals surface area (Å²) in [5.74, 6) is -0.118. The highest BCUT2D eigenvalue weighted by molar-refractivity contribution is 8.04. The number of thioether (sulfide) groups is 1. The van der Waals surface area contributed by atoms with Gasteiger partial charge in [-0.15, -0.1) is 0 Å². The third-order valence-corrected chi connectivity index (χ3v) is 8.26. The summed E-state index contributed by atoms with van der Waals surface area (Å²) in [7, 11) is 0. The zero-order valence-corrected chi connectivity index (χ0v) is 22.9. The molecule has 0 radical (unpaired) electrons. The summed E-state index contributed by atoms with van der Waals surface area (Å²) in [6, 6.07) is 23.0. The van der Waals surface area contributed by atoms with E-state index in [1.807, 2.05) is 78.9 Å². The SMILES string of the molecule is O=C(NCCN1CCCCCC1)c1ccc(C=C2Sc3ccccc3N(Cc3cccc(Cl)c3)C2=O)cc1. The van der Waals surface area contributed by atoms with Crippen molar-refractivity contribution >= 4 is 46.9 Å². The monoisotopic (exact) mass is 545 g/mol. The van der Waals surface area contributed by atoms with E-state index in [2.05, 4.69) is 10.2 Å². The van der Waals surface area contributed by atoms with Crippen molar-refractivity contribution in [3.05, 3.63) is 99.4 Å². The second-order valence-corrected chi connectivity index (χ2v) is 11.3. The molecule has 0 unspecified atom stereocenters. The van der Waals surface area contributed by atoms with Gasteiger partial charge in [-0.2, -0.15) is 0 Å². The Labute approximate surface area is 233 Å². The normalized spacial score (nSPS) is 17.2. The number of amides is 2. The highest BCUT2D eigenvalue weighted by Gasteiger charge is 2.29. The van der Waals surface area contributed by atoms with E-state index >= 15 is 0 Å². The third kappa shape index (κ3) is 6.68. The predicted molar refractivity (Wildman–Crippen MR) is 157 cm³/mol. The first kappa shape index (κ1) is 26.5. The van der Waals surface area contributed by atoms with Crippen LogP contribution in [0.4, 0.5) is 5.69 Å². The smallest absolute Gasteiger partial charge is 0.265 e. The van der Waals surface area contributed by atoms with E-state index in [1.54, 1.807) is 4.90 Å². The molecule has 0 atom stereocenters. The highest BCUT2D eigenvalue weighted by Crippen LogP contribution is 2.42. The van der Waals surface area contributed by atoms with Crippen molar-refractivity contribution in [2.75, 3.05) is 31.1 Å². The van der Waals surface area contributed by atoms with Gasteiger partial charge in [0, 0.05) is 28.6 Å². The number of hydrogen-bond acceptors (Lipinski definition) is 4. The van der Waals surface area contributed by atoms with Crippen LogP contribution in [0.1, 0.15) is 47.2 Å². The molecule has 2 aliphatic rings. The maximum absolute atomic E-state index is 13.6. The molecule has 3 aromatic rings. The Morgan fingerprint density at radius 2 is 1.71 bits per heavy atom. The van der Waals surface area contributed by atoms with Crippen LogP contribution in [-0.2, 0) is 11.3 Å². The third-order valence-electron chi connectivity index (χ3n) is 6.94. The Balaban J connectivity index is 1.26. The molecule has 1 N–H and O–H groups in total. The lowest BCUT2D eigenvalue weighted by molar-refractivity contribution is -0.114. The zero-order valence-electron chi connectivity index (χ0n) is 21.4. The van der Waals surface area contributed by atoms with E-state index in [1.165, 1.54) is 37.4 Å². The minimum atomic E-state index is -0.0660. The molecule has 0 spiro atoms. The fraction of sp³-hybridized carbons (Fsp3) is 0.290. The summed E-state index contributed by atoms with van der Waals surface area (Å²) >= 11 is 7.66. The van der Waals surface area contributed by atoms with E-state index < -0.39 is 0 Å². The average Bonchev–Trinajstić information content (AvgIpc) is 3.20. The van der Waals surface area contributed by atoms with Gasteiger partial charge in [0.1, 0.15) is 0 Å². The van der Waals surface area contributed by atoms with Crippen molar-refractivity contribution in [2.45, 2.75) is 37.1 Å². The topological polar surface area (TPSA) is 52.7 Å². The van der Waals surface area contributed by atoms with E-state index in [9.17, 15) is 9.59 Å². The summed E-state index contributed by atoms with van der Waals surface area (Å²) in [6.45, 7) is 4.22. The Morgan fingerprint density at radius 3 is 2.47 bits per heavy atom. The van der Waals surface area contributed by atoms with Crippen molar-refractivity contribution in [1.82, 2.24) is 10.2 Å². The number of rotatable bonds is 7. The Bertz CT molecular complexity index is 1320. The number of carbonyl (C=O) groups excluding carboxylic acids is 2. The van der Waals surface area contributed by atoms with Crippen LogP contribution in [0.3, 0.4) is 0 Å². The molecule has 7 heteroatoms. The molecule has 0 bridgehead atoms. The first-order valence-corrected chi connectivity index (χ1v) is 14.4. The second-order valence-electron chi connectivity index (χ2n) is 9.73. The second kappa shape index (κ2) is 12.7. The lowest BCUT2D eigenvalue weighted by atomic mass is 10.1. The van der Waals surface area contributed by atoms with Crippen LogP contribution >= 0.6 is 23.4 Å². The van der Waals surface area contributed by atoms with Crippen molar-refractivity contribution in [3.8, 4) is 0 Å². The van der Waals surface area contributed by atoms with Crippen LogP contribution in [0.5, 0.6) is 0 Å². The molecular weight excluding hydrogens is 514 g/mol. The lowest BCUT2D eigenvalue weighted by Crippen LogP contribution is -2.35. The number of nitrogens with zero attached hydrogens (tertiary/aromatic N) is 2. The van der Waals surface area contributed by atoms with Gasteiger partial charge in [-0.3, -0.25) is 9.59 Å². The van der Waals surface area contributed by atoms with Crippen LogP contribution in [0.15, 0.2) is 82.6 Å². The van der Waals surface area contributed by atoms with Crippen LogP contribution in [0.2, 0.25) is 5.02 Å². The number of fused-ring (bicyclic) bond motifs is 1. The zero-order chi connectivity index (χ0) is 26.3. The fourth-order valence-electron chi connectivity index (χ4n) is 4.91. The van der Waals surface area contributed by atoms with Crippen molar-refractivity contribution in [2.24, 2.45) is 0 Å². The molecule has 1 saturated heterocycles. The van der Waals surface area contributed by atoms with Crippen LogP contribution < -0.4 is 10.2 Å². The standard InChI is InChI=1S/C31H32ClN3O2S/c32-26-9-7-8-24(20-26)22-35-27-10-3-4-11-28(27)38-29(31(35)37)21-23-12-14-25(15-13-23)30(36)33-16-19-34-17-5-1-2-6-18-34/h3-4,7-15,20-21H,1-2,5-6,16-19,22H2,(H,33,36). The number of para-hydroxylation sites is 1. The fourth-order valence-corrected chi connectivity index (χ4v) is 6.18. The van der Waals surface area contributed by atoms with Gasteiger partial charge in [-0.05, 0) is 79.5 Å². The Kier molecular flexibility index (Phi) is 8.84. The van der Waals surface area contributed by atoms with E-state index in [0.717, 1.165) is 41.3 Å². The van der Waals surface area contributed by atoms with Gasteiger partial charge < -0.3 is 15.1 Å². The number of carbonyl (C=O) groups is 2. The van der Waals surface area contributed by atoms with E-state index in [4.69, 9.17) is 11.6 Å². The van der Waals surface area contributed by atoms with Gasteiger partial charge in [0.15, 0.2) is 0 Å². The first-order valence-electron chi connectivity index (χ1n) is 13.2. The Morgan fingerprint density at radius 1 is 0.947 bits per heavy atom. The molecule has 3 aromatic carbocycles. The van der Waals surface area contributed by atoms with Crippen LogP contribution in [0, 0.1) is 0 Å². The van der Waals surface area contributed by atoms with Crippen LogP contribution in [0.25, 0.3) is 6.08 Å². The van der Waals surface area contributed by atoms with E-state index in [-0.39, 0.29) is 11.8 Å². The molecule has 196 valence electrons. The van der Waals surface area contributed by atoms with Gasteiger partial charge >= 0.3 is 0 Å². The van der Waals surface area contributed by atoms with Gasteiger partial charge in [0.25, 0.3) is 11.8 Å². The summed E-state index contributed by atoms with van der Waals surface area (Å²) in [5.41, 5.74) is 3.37. The molecule has 0 saturated carbocycles. The van der Waals surface area contributed by atoms with Gasteiger partial charge in [-0.25, -0.2) is 0 Å². The predicted octanol–water partition coefficient (Wildman–Crippen LogP) is 6.63. The molecule has 5 rings (SSSR count). The molecular formula is C31H32ClN3O2S. The quantitative estimate of drug-likeness (QED) is 0.339. The lowest BCUT2D eigenvalue weighted by Gasteiger charge is -2.30. The molecule has 0 aliphatic carbocycles. The van der Waals surface area contributed by atoms with Gasteiger partial charge in [0.2, 0.25) is 0 Å². The summed E-state index contributed by atoms with van der Waals surface area (Å²) in [6.07, 6.45) is 7.00.